The van der Waals surface area contributed by atoms with E-state index in [1.807, 2.05) is 0 Å². The Morgan fingerprint density at radius 3 is 2.82 bits per heavy atom. The van der Waals surface area contributed by atoms with Crippen molar-refractivity contribution in [1.29, 1.82) is 0 Å². The molecular weight excluding hydrogens is 162 g/mol. The van der Waals surface area contributed by atoms with Crippen LogP contribution in [0.4, 0.5) is 10.5 Å². The number of thiol groups is 1. The van der Waals surface area contributed by atoms with Gasteiger partial charge in [-0.1, -0.05) is 18.7 Å². The summed E-state index contributed by atoms with van der Waals surface area (Å²) < 4.78 is 4.64. The lowest BCUT2D eigenvalue weighted by Gasteiger charge is -1.99. The summed E-state index contributed by atoms with van der Waals surface area (Å²) >= 11 is 3.44. The van der Waals surface area contributed by atoms with E-state index in [0.29, 0.717) is 11.4 Å². The molecule has 1 aromatic rings. The van der Waals surface area contributed by atoms with Crippen molar-refractivity contribution in [3.05, 3.63) is 24.3 Å². The molecule has 0 radical (unpaired) electrons. The van der Waals surface area contributed by atoms with Gasteiger partial charge in [0.2, 0.25) is 0 Å². The monoisotopic (exact) mass is 169 g/mol. The molecule has 0 atom stereocenters. The summed E-state index contributed by atoms with van der Waals surface area (Å²) in [6, 6.07) is 6.58. The van der Waals surface area contributed by atoms with Crippen LogP contribution in [0.5, 0.6) is 5.75 Å². The molecule has 0 aromatic heterocycles. The molecule has 3 nitrogen and oxygen atoms in total. The Morgan fingerprint density at radius 1 is 1.55 bits per heavy atom. The summed E-state index contributed by atoms with van der Waals surface area (Å²) in [5, 5.41) is -0.643. The maximum absolute atomic E-state index is 10.3. The van der Waals surface area contributed by atoms with Crippen LogP contribution in [0.15, 0.2) is 24.3 Å². The van der Waals surface area contributed by atoms with E-state index >= 15 is 0 Å². The van der Waals surface area contributed by atoms with E-state index in [1.165, 1.54) is 0 Å². The molecule has 0 bridgehead atoms. The standard InChI is InChI=1S/C7H7NO2S/c8-5-2-1-3-6(4-5)10-7(9)11/h1-4H,8H2,(H,9,11). The van der Waals surface area contributed by atoms with Gasteiger partial charge in [0.25, 0.3) is 0 Å². The van der Waals surface area contributed by atoms with Crippen LogP contribution >= 0.6 is 12.6 Å². The minimum absolute atomic E-state index is 0.407. The maximum Gasteiger partial charge on any atom is 0.369 e. The second kappa shape index (κ2) is 3.30. The molecule has 0 fully saturated rings. The molecule has 0 spiro atoms. The Morgan fingerprint density at radius 2 is 2.27 bits per heavy atom. The quantitative estimate of drug-likeness (QED) is 0.382. The van der Waals surface area contributed by atoms with Gasteiger partial charge in [0.1, 0.15) is 5.75 Å². The molecule has 1 rings (SSSR count). The molecule has 58 valence electrons. The fourth-order valence-corrected chi connectivity index (χ4v) is 0.784. The topological polar surface area (TPSA) is 52.3 Å². The van der Waals surface area contributed by atoms with E-state index in [-0.39, 0.29) is 0 Å². The molecule has 0 heterocycles. The van der Waals surface area contributed by atoms with Gasteiger partial charge in [-0.25, -0.2) is 4.79 Å². The molecule has 4 heteroatoms. The SMILES string of the molecule is Nc1cccc(OC(=O)S)c1. The molecule has 0 unspecified atom stereocenters. The van der Waals surface area contributed by atoms with Gasteiger partial charge in [0, 0.05) is 11.8 Å². The van der Waals surface area contributed by atoms with Crippen molar-refractivity contribution >= 4 is 23.6 Å². The number of benzene rings is 1. The zero-order valence-electron chi connectivity index (χ0n) is 5.65. The van der Waals surface area contributed by atoms with Gasteiger partial charge in [0.15, 0.2) is 0 Å². The van der Waals surface area contributed by atoms with Gasteiger partial charge in [-0.15, -0.1) is 0 Å². The lowest BCUT2D eigenvalue weighted by atomic mass is 10.3. The Bertz CT molecular complexity index is 275. The lowest BCUT2D eigenvalue weighted by Crippen LogP contribution is -1.96. The van der Waals surface area contributed by atoms with Crippen LogP contribution < -0.4 is 10.5 Å². The predicted molar refractivity (Wildman–Crippen MR) is 45.9 cm³/mol. The minimum atomic E-state index is -0.643. The second-order valence-corrected chi connectivity index (χ2v) is 2.31. The highest BCUT2D eigenvalue weighted by atomic mass is 32.1. The van der Waals surface area contributed by atoms with Gasteiger partial charge in [0.05, 0.1) is 0 Å². The van der Waals surface area contributed by atoms with Crippen molar-refractivity contribution in [2.75, 3.05) is 5.73 Å². The van der Waals surface area contributed by atoms with E-state index in [1.54, 1.807) is 24.3 Å². The van der Waals surface area contributed by atoms with Crippen LogP contribution in [0.25, 0.3) is 0 Å². The number of hydrogen-bond donors (Lipinski definition) is 2. The number of ether oxygens (including phenoxy) is 1. The summed E-state index contributed by atoms with van der Waals surface area (Å²) in [7, 11) is 0. The zero-order chi connectivity index (χ0) is 8.27. The summed E-state index contributed by atoms with van der Waals surface area (Å²) in [6.45, 7) is 0. The molecule has 0 saturated carbocycles. The van der Waals surface area contributed by atoms with Gasteiger partial charge in [-0.2, -0.15) is 0 Å². The summed E-state index contributed by atoms with van der Waals surface area (Å²) in [5.41, 5.74) is 5.97. The maximum atomic E-state index is 10.3. The smallest absolute Gasteiger partial charge is 0.369 e. The second-order valence-electron chi connectivity index (χ2n) is 1.94. The molecule has 0 aliphatic carbocycles. The van der Waals surface area contributed by atoms with Crippen molar-refractivity contribution < 1.29 is 9.53 Å². The van der Waals surface area contributed by atoms with Crippen LogP contribution in [0.3, 0.4) is 0 Å². The van der Waals surface area contributed by atoms with Crippen LogP contribution in [0, 0.1) is 0 Å². The van der Waals surface area contributed by atoms with Gasteiger partial charge in [-0.05, 0) is 12.1 Å². The largest absolute Gasteiger partial charge is 0.419 e. The zero-order valence-corrected chi connectivity index (χ0v) is 6.54. The number of hydrogen-bond acceptors (Lipinski definition) is 3. The first-order valence-corrected chi connectivity index (χ1v) is 3.39. The highest BCUT2D eigenvalue weighted by Gasteiger charge is 1.96. The third kappa shape index (κ3) is 2.51. The highest BCUT2D eigenvalue weighted by molar-refractivity contribution is 7.96. The van der Waals surface area contributed by atoms with Crippen molar-refractivity contribution in [3.63, 3.8) is 0 Å². The van der Waals surface area contributed by atoms with Crippen LogP contribution in [-0.2, 0) is 0 Å². The number of anilines is 1. The number of carbonyl (C=O) groups is 1. The Hall–Kier alpha value is -1.16. The third-order valence-corrected chi connectivity index (χ3v) is 1.15. The summed E-state index contributed by atoms with van der Waals surface area (Å²) in [5.74, 6) is 0.407. The first kappa shape index (κ1) is 7.94. The Kier molecular flexibility index (Phi) is 2.38. The van der Waals surface area contributed by atoms with E-state index in [2.05, 4.69) is 17.4 Å². The normalized spacial score (nSPS) is 9.18. The molecule has 0 aliphatic rings. The average Bonchev–Trinajstić information content (AvgIpc) is 1.85. The van der Waals surface area contributed by atoms with Gasteiger partial charge < -0.3 is 10.5 Å². The lowest BCUT2D eigenvalue weighted by molar-refractivity contribution is 0.227. The van der Waals surface area contributed by atoms with E-state index in [0.717, 1.165) is 0 Å². The number of rotatable bonds is 1. The Balaban J connectivity index is 2.79. The van der Waals surface area contributed by atoms with E-state index < -0.39 is 5.30 Å². The van der Waals surface area contributed by atoms with Crippen molar-refractivity contribution in [3.8, 4) is 5.75 Å². The number of carbonyl (C=O) groups excluding carboxylic acids is 1. The molecule has 0 saturated heterocycles. The van der Waals surface area contributed by atoms with Crippen molar-refractivity contribution in [1.82, 2.24) is 0 Å². The first-order valence-electron chi connectivity index (χ1n) is 2.95. The van der Waals surface area contributed by atoms with E-state index in [9.17, 15) is 4.79 Å². The van der Waals surface area contributed by atoms with Gasteiger partial charge in [-0.3, -0.25) is 0 Å². The summed E-state index contributed by atoms with van der Waals surface area (Å²) in [4.78, 5) is 10.3. The van der Waals surface area contributed by atoms with Crippen LogP contribution in [-0.4, -0.2) is 5.30 Å². The molecule has 1 aromatic carbocycles. The number of nitrogen functional groups attached to an aromatic ring is 1. The molecule has 0 amide bonds. The molecule has 11 heavy (non-hydrogen) atoms. The molecule has 0 aliphatic heterocycles. The average molecular weight is 169 g/mol. The predicted octanol–water partition coefficient (Wildman–Crippen LogP) is 1.70. The molecule has 2 N–H and O–H groups in total. The number of nitrogens with two attached hydrogens (primary N) is 1. The van der Waals surface area contributed by atoms with Crippen molar-refractivity contribution in [2.24, 2.45) is 0 Å². The third-order valence-electron chi connectivity index (χ3n) is 1.06. The van der Waals surface area contributed by atoms with Crippen LogP contribution in [0.1, 0.15) is 0 Å². The first-order chi connectivity index (χ1) is 5.18. The molecular formula is C7H7NO2S. The van der Waals surface area contributed by atoms with E-state index in [4.69, 9.17) is 5.73 Å². The fourth-order valence-electron chi connectivity index (χ4n) is 0.679. The minimum Gasteiger partial charge on any atom is -0.419 e. The van der Waals surface area contributed by atoms with Crippen molar-refractivity contribution in [2.45, 2.75) is 0 Å². The highest BCUT2D eigenvalue weighted by Crippen LogP contribution is 2.14. The van der Waals surface area contributed by atoms with Gasteiger partial charge >= 0.3 is 5.30 Å². The Labute approximate surface area is 69.6 Å². The summed E-state index contributed by atoms with van der Waals surface area (Å²) in [6.07, 6.45) is 0. The van der Waals surface area contributed by atoms with Crippen LogP contribution in [0.2, 0.25) is 0 Å². The fraction of sp³-hybridized carbons (Fsp3) is 0.